The lowest BCUT2D eigenvalue weighted by Gasteiger charge is -2.39. The summed E-state index contributed by atoms with van der Waals surface area (Å²) in [5.41, 5.74) is 0. The Morgan fingerprint density at radius 2 is 1.86 bits per heavy atom. The first-order valence-electron chi connectivity index (χ1n) is 3.92. The molecule has 7 nitrogen and oxygen atoms in total. The largest absolute Gasteiger partial charge is 0.547 e. The summed E-state index contributed by atoms with van der Waals surface area (Å²) in [6.07, 6.45) is -7.88. The highest BCUT2D eigenvalue weighted by atomic mass is 16.7. The molecule has 0 amide bonds. The van der Waals surface area contributed by atoms with Crippen LogP contribution in [0.25, 0.3) is 0 Å². The molecule has 0 spiro atoms. The van der Waals surface area contributed by atoms with E-state index in [1.54, 1.807) is 0 Å². The van der Waals surface area contributed by atoms with Crippen molar-refractivity contribution in [1.29, 1.82) is 0 Å². The van der Waals surface area contributed by atoms with Gasteiger partial charge in [-0.05, 0) is 0 Å². The second kappa shape index (κ2) is 4.20. The zero-order valence-corrected chi connectivity index (χ0v) is 7.36. The third-order valence-corrected chi connectivity index (χ3v) is 2.03. The van der Waals surface area contributed by atoms with Crippen LogP contribution >= 0.6 is 0 Å². The van der Waals surface area contributed by atoms with Crippen molar-refractivity contribution in [3.8, 4) is 0 Å². The first-order valence-corrected chi connectivity index (χ1v) is 3.92. The van der Waals surface area contributed by atoms with Gasteiger partial charge in [-0.2, -0.15) is 0 Å². The van der Waals surface area contributed by atoms with Crippen LogP contribution in [0.2, 0.25) is 0 Å². The Hall–Kier alpha value is -0.730. The van der Waals surface area contributed by atoms with E-state index >= 15 is 0 Å². The Morgan fingerprint density at radius 3 is 2.29 bits per heavy atom. The van der Waals surface area contributed by atoms with Gasteiger partial charge in [0, 0.05) is 7.11 Å². The number of hydrogen-bond donors (Lipinski definition) is 3. The predicted molar refractivity (Wildman–Crippen MR) is 38.7 cm³/mol. The van der Waals surface area contributed by atoms with Gasteiger partial charge in [0.15, 0.2) is 6.29 Å². The second-order valence-electron chi connectivity index (χ2n) is 2.95. The third-order valence-electron chi connectivity index (χ3n) is 2.03. The van der Waals surface area contributed by atoms with Crippen LogP contribution in [0.1, 0.15) is 0 Å². The van der Waals surface area contributed by atoms with Crippen molar-refractivity contribution in [2.45, 2.75) is 30.7 Å². The topological polar surface area (TPSA) is 119 Å². The van der Waals surface area contributed by atoms with E-state index in [9.17, 15) is 25.2 Å². The van der Waals surface area contributed by atoms with Gasteiger partial charge in [0.05, 0.1) is 5.97 Å². The van der Waals surface area contributed by atoms with Gasteiger partial charge in [0.1, 0.15) is 24.4 Å². The molecule has 0 saturated carbocycles. The fourth-order valence-electron chi connectivity index (χ4n) is 1.24. The molecule has 1 fully saturated rings. The maximum Gasteiger partial charge on any atom is 0.186 e. The van der Waals surface area contributed by atoms with Crippen molar-refractivity contribution in [2.75, 3.05) is 7.11 Å². The molecule has 1 aliphatic rings. The zero-order valence-electron chi connectivity index (χ0n) is 7.36. The summed E-state index contributed by atoms with van der Waals surface area (Å²) in [7, 11) is 1.17. The molecule has 14 heavy (non-hydrogen) atoms. The number of aliphatic hydroxyl groups is 3. The van der Waals surface area contributed by atoms with Crippen molar-refractivity contribution in [1.82, 2.24) is 0 Å². The minimum absolute atomic E-state index is 1.17. The van der Waals surface area contributed by atoms with Crippen LogP contribution in [0.5, 0.6) is 0 Å². The molecular formula is C7H11O7-. The Morgan fingerprint density at radius 1 is 1.29 bits per heavy atom. The van der Waals surface area contributed by atoms with Crippen LogP contribution in [0.4, 0.5) is 0 Å². The van der Waals surface area contributed by atoms with E-state index in [0.717, 1.165) is 0 Å². The molecule has 0 radical (unpaired) electrons. The molecule has 82 valence electrons. The molecule has 5 atom stereocenters. The summed E-state index contributed by atoms with van der Waals surface area (Å²) < 4.78 is 9.22. The molecule has 1 heterocycles. The van der Waals surface area contributed by atoms with Gasteiger partial charge in [-0.1, -0.05) is 0 Å². The van der Waals surface area contributed by atoms with Gasteiger partial charge in [0.2, 0.25) is 0 Å². The lowest BCUT2D eigenvalue weighted by molar-refractivity contribution is -0.347. The number of carbonyl (C=O) groups excluding carboxylic acids is 1. The molecular weight excluding hydrogens is 196 g/mol. The SMILES string of the molecule is CO[C@@H]1O[C@H](C(=O)[O-])[C@@H](O)[C@H](O)[C@H]1O. The number of rotatable bonds is 2. The number of ether oxygens (including phenoxy) is 2. The van der Waals surface area contributed by atoms with E-state index in [4.69, 9.17) is 0 Å². The highest BCUT2D eigenvalue weighted by Crippen LogP contribution is 2.21. The Balaban J connectivity index is 2.78. The maximum absolute atomic E-state index is 10.4. The Bertz CT molecular complexity index is 216. The number of carboxylic acid groups (broad SMARTS) is 1. The fourth-order valence-corrected chi connectivity index (χ4v) is 1.24. The van der Waals surface area contributed by atoms with Gasteiger partial charge in [0.25, 0.3) is 0 Å². The normalized spacial score (nSPS) is 43.6. The molecule has 0 aliphatic carbocycles. The minimum Gasteiger partial charge on any atom is -0.547 e. The molecule has 0 bridgehead atoms. The molecule has 0 aromatic heterocycles. The van der Waals surface area contributed by atoms with Crippen LogP contribution in [0.15, 0.2) is 0 Å². The maximum atomic E-state index is 10.4. The summed E-state index contributed by atoms with van der Waals surface area (Å²) >= 11 is 0. The number of carboxylic acids is 1. The zero-order chi connectivity index (χ0) is 10.9. The van der Waals surface area contributed by atoms with E-state index in [-0.39, 0.29) is 0 Å². The summed E-state index contributed by atoms with van der Waals surface area (Å²) in [6, 6.07) is 0. The van der Waals surface area contributed by atoms with E-state index < -0.39 is 36.7 Å². The molecule has 0 unspecified atom stereocenters. The summed E-state index contributed by atoms with van der Waals surface area (Å²) in [5.74, 6) is -1.68. The molecule has 0 aromatic carbocycles. The molecule has 0 aromatic rings. The lowest BCUT2D eigenvalue weighted by Crippen LogP contribution is -2.62. The quantitative estimate of drug-likeness (QED) is 0.424. The summed E-state index contributed by atoms with van der Waals surface area (Å²) in [4.78, 5) is 10.4. The van der Waals surface area contributed by atoms with E-state index in [0.29, 0.717) is 0 Å². The van der Waals surface area contributed by atoms with Gasteiger partial charge < -0.3 is 34.7 Å². The Labute approximate surface area is 79.5 Å². The van der Waals surface area contributed by atoms with Crippen molar-refractivity contribution in [3.63, 3.8) is 0 Å². The minimum atomic E-state index is -1.73. The lowest BCUT2D eigenvalue weighted by atomic mass is 9.99. The van der Waals surface area contributed by atoms with Gasteiger partial charge in [-0.25, -0.2) is 0 Å². The van der Waals surface area contributed by atoms with Gasteiger partial charge in [-0.15, -0.1) is 0 Å². The van der Waals surface area contributed by atoms with Crippen molar-refractivity contribution < 1.29 is 34.7 Å². The van der Waals surface area contributed by atoms with Crippen molar-refractivity contribution in [3.05, 3.63) is 0 Å². The molecule has 1 aliphatic heterocycles. The second-order valence-corrected chi connectivity index (χ2v) is 2.95. The Kier molecular flexibility index (Phi) is 3.40. The van der Waals surface area contributed by atoms with Crippen LogP contribution in [0, 0.1) is 0 Å². The van der Waals surface area contributed by atoms with E-state index in [2.05, 4.69) is 9.47 Å². The van der Waals surface area contributed by atoms with Crippen LogP contribution in [-0.2, 0) is 14.3 Å². The van der Waals surface area contributed by atoms with Crippen molar-refractivity contribution >= 4 is 5.97 Å². The van der Waals surface area contributed by atoms with Gasteiger partial charge >= 0.3 is 0 Å². The number of methoxy groups -OCH3 is 1. The predicted octanol–water partition coefficient (Wildman–Crippen LogP) is -3.81. The monoisotopic (exact) mass is 207 g/mol. The molecule has 7 heteroatoms. The highest BCUT2D eigenvalue weighted by Gasteiger charge is 2.44. The first-order chi connectivity index (χ1) is 6.49. The summed E-state index contributed by atoms with van der Waals surface area (Å²) in [5, 5.41) is 38.1. The molecule has 1 rings (SSSR count). The number of aliphatic carboxylic acids is 1. The number of aliphatic hydroxyl groups excluding tert-OH is 3. The van der Waals surface area contributed by atoms with Crippen LogP contribution < -0.4 is 5.11 Å². The standard InChI is InChI=1S/C7H12O7/c1-13-7-4(10)2(8)3(9)5(14-7)6(11)12/h2-5,7-10H,1H3,(H,11,12)/p-1/t2-,3-,4+,5-,7+/m0/s1. The van der Waals surface area contributed by atoms with Crippen LogP contribution in [-0.4, -0.2) is 59.1 Å². The average molecular weight is 207 g/mol. The third kappa shape index (κ3) is 1.86. The van der Waals surface area contributed by atoms with Crippen LogP contribution in [0.3, 0.4) is 0 Å². The molecule has 1 saturated heterocycles. The smallest absolute Gasteiger partial charge is 0.186 e. The number of hydrogen-bond acceptors (Lipinski definition) is 7. The van der Waals surface area contributed by atoms with E-state index in [1.807, 2.05) is 0 Å². The van der Waals surface area contributed by atoms with Crippen molar-refractivity contribution in [2.24, 2.45) is 0 Å². The highest BCUT2D eigenvalue weighted by molar-refractivity contribution is 5.71. The summed E-state index contributed by atoms with van der Waals surface area (Å²) in [6.45, 7) is 0. The fraction of sp³-hybridized carbons (Fsp3) is 0.857. The van der Waals surface area contributed by atoms with Gasteiger partial charge in [-0.3, -0.25) is 0 Å². The van der Waals surface area contributed by atoms with E-state index in [1.165, 1.54) is 7.11 Å². The molecule has 3 N–H and O–H groups in total. The average Bonchev–Trinajstić information content (AvgIpc) is 2.14. The first kappa shape index (κ1) is 11.3. The number of carbonyl (C=O) groups is 1.